The lowest BCUT2D eigenvalue weighted by molar-refractivity contribution is 0.0959. The Labute approximate surface area is 117 Å². The number of ether oxygens (including phenoxy) is 1. The number of nitrogens with one attached hydrogen (secondary N) is 1. The molecule has 1 saturated carbocycles. The van der Waals surface area contributed by atoms with Gasteiger partial charge >= 0.3 is 0 Å². The second-order valence-corrected chi connectivity index (χ2v) is 5.75. The normalized spacial score (nSPS) is 19.1. The van der Waals surface area contributed by atoms with Gasteiger partial charge in [0.2, 0.25) is 0 Å². The summed E-state index contributed by atoms with van der Waals surface area (Å²) < 4.78 is 10.0. The van der Waals surface area contributed by atoms with Gasteiger partial charge in [-0.1, -0.05) is 6.08 Å². The molecule has 0 bridgehead atoms. The van der Waals surface area contributed by atoms with Gasteiger partial charge in [-0.15, -0.1) is 0 Å². The highest BCUT2D eigenvalue weighted by atomic mass is 32.1. The van der Waals surface area contributed by atoms with E-state index >= 15 is 0 Å². The molecule has 0 unspecified atom stereocenters. The Morgan fingerprint density at radius 2 is 2.42 bits per heavy atom. The van der Waals surface area contributed by atoms with Crippen LogP contribution in [0, 0.1) is 0 Å². The molecule has 1 aliphatic carbocycles. The van der Waals surface area contributed by atoms with Gasteiger partial charge < -0.3 is 10.1 Å². The molecule has 1 aromatic rings. The van der Waals surface area contributed by atoms with E-state index in [1.807, 2.05) is 6.92 Å². The Morgan fingerprint density at radius 3 is 3.05 bits per heavy atom. The minimum atomic E-state index is 0.0190. The van der Waals surface area contributed by atoms with Crippen LogP contribution in [-0.2, 0) is 4.74 Å². The number of nitrogens with zero attached hydrogens (tertiary/aromatic N) is 1. The Hall–Kier alpha value is -1.20. The molecule has 3 rings (SSSR count). The number of hydrogen-bond donors (Lipinski definition) is 1. The van der Waals surface area contributed by atoms with E-state index in [0.717, 1.165) is 34.7 Å². The standard InChI is InChI=1S/C14H18N2O2S/c1-2-15-14(17)13-11(9-5-6-9)12(16-19-13)10-4-3-7-18-8-10/h4,9H,2-3,5-8H2,1H3,(H,15,17). The van der Waals surface area contributed by atoms with Gasteiger partial charge in [0.15, 0.2) is 0 Å². The van der Waals surface area contributed by atoms with Gasteiger partial charge in [0, 0.05) is 17.7 Å². The summed E-state index contributed by atoms with van der Waals surface area (Å²) in [5.41, 5.74) is 3.32. The lowest BCUT2D eigenvalue weighted by Gasteiger charge is -2.13. The molecule has 19 heavy (non-hydrogen) atoms. The van der Waals surface area contributed by atoms with Crippen molar-refractivity contribution < 1.29 is 9.53 Å². The van der Waals surface area contributed by atoms with Gasteiger partial charge in [-0.3, -0.25) is 4.79 Å². The highest BCUT2D eigenvalue weighted by molar-refractivity contribution is 7.08. The summed E-state index contributed by atoms with van der Waals surface area (Å²) >= 11 is 1.33. The van der Waals surface area contributed by atoms with E-state index in [1.165, 1.54) is 24.4 Å². The van der Waals surface area contributed by atoms with E-state index in [2.05, 4.69) is 15.8 Å². The largest absolute Gasteiger partial charge is 0.376 e. The Balaban J connectivity index is 1.96. The molecule has 0 radical (unpaired) electrons. The van der Waals surface area contributed by atoms with E-state index in [4.69, 9.17) is 4.74 Å². The second-order valence-electron chi connectivity index (χ2n) is 4.98. The third-order valence-electron chi connectivity index (χ3n) is 3.47. The minimum Gasteiger partial charge on any atom is -0.376 e. The maximum atomic E-state index is 12.1. The van der Waals surface area contributed by atoms with Crippen LogP contribution in [0.1, 0.15) is 53.0 Å². The quantitative estimate of drug-likeness (QED) is 0.921. The Bertz CT molecular complexity index is 518. The fourth-order valence-electron chi connectivity index (χ4n) is 2.41. The van der Waals surface area contributed by atoms with Crippen molar-refractivity contribution in [3.63, 3.8) is 0 Å². The van der Waals surface area contributed by atoms with Gasteiger partial charge in [-0.25, -0.2) is 0 Å². The van der Waals surface area contributed by atoms with Crippen LogP contribution < -0.4 is 5.32 Å². The van der Waals surface area contributed by atoms with Gasteiger partial charge in [0.05, 0.1) is 18.9 Å². The van der Waals surface area contributed by atoms with Crippen molar-refractivity contribution in [3.05, 3.63) is 22.2 Å². The van der Waals surface area contributed by atoms with Crippen LogP contribution in [0.2, 0.25) is 0 Å². The van der Waals surface area contributed by atoms with Gasteiger partial charge in [-0.2, -0.15) is 4.37 Å². The fourth-order valence-corrected chi connectivity index (χ4v) is 3.32. The van der Waals surface area contributed by atoms with Gasteiger partial charge in [0.25, 0.3) is 5.91 Å². The predicted molar refractivity (Wildman–Crippen MR) is 75.5 cm³/mol. The zero-order valence-electron chi connectivity index (χ0n) is 11.1. The highest BCUT2D eigenvalue weighted by Crippen LogP contribution is 2.46. The summed E-state index contributed by atoms with van der Waals surface area (Å²) in [6.07, 6.45) is 5.48. The van der Waals surface area contributed by atoms with Crippen LogP contribution in [0.15, 0.2) is 6.08 Å². The summed E-state index contributed by atoms with van der Waals surface area (Å²) in [5.74, 6) is 0.541. The van der Waals surface area contributed by atoms with Crippen molar-refractivity contribution in [1.82, 2.24) is 9.69 Å². The molecule has 1 amide bonds. The first-order valence-corrected chi connectivity index (χ1v) is 7.63. The molecular formula is C14H18N2O2S. The monoisotopic (exact) mass is 278 g/mol. The lowest BCUT2D eigenvalue weighted by Crippen LogP contribution is -2.22. The molecule has 102 valence electrons. The molecule has 1 aliphatic heterocycles. The molecule has 1 aromatic heterocycles. The summed E-state index contributed by atoms with van der Waals surface area (Å²) in [6.45, 7) is 4.00. The van der Waals surface area contributed by atoms with Crippen molar-refractivity contribution in [1.29, 1.82) is 0 Å². The summed E-state index contributed by atoms with van der Waals surface area (Å²) in [4.78, 5) is 12.9. The first-order chi connectivity index (χ1) is 9.31. The van der Waals surface area contributed by atoms with Gasteiger partial charge in [0.1, 0.15) is 4.88 Å². The van der Waals surface area contributed by atoms with E-state index in [-0.39, 0.29) is 5.91 Å². The van der Waals surface area contributed by atoms with Crippen molar-refractivity contribution in [2.45, 2.75) is 32.1 Å². The van der Waals surface area contributed by atoms with Crippen molar-refractivity contribution >= 4 is 23.0 Å². The molecule has 1 N–H and O–H groups in total. The van der Waals surface area contributed by atoms with Crippen LogP contribution in [-0.4, -0.2) is 30.0 Å². The zero-order chi connectivity index (χ0) is 13.2. The summed E-state index contributed by atoms with van der Waals surface area (Å²) in [5, 5.41) is 2.88. The SMILES string of the molecule is CCNC(=O)c1snc(C2=CCCOC2)c1C1CC1. The Kier molecular flexibility index (Phi) is 3.66. The van der Waals surface area contributed by atoms with Crippen molar-refractivity contribution in [3.8, 4) is 0 Å². The maximum Gasteiger partial charge on any atom is 0.263 e. The average molecular weight is 278 g/mol. The summed E-state index contributed by atoms with van der Waals surface area (Å²) in [7, 11) is 0. The van der Waals surface area contributed by atoms with E-state index in [9.17, 15) is 4.79 Å². The predicted octanol–water partition coefficient (Wildman–Crippen LogP) is 2.57. The van der Waals surface area contributed by atoms with Crippen LogP contribution in [0.5, 0.6) is 0 Å². The lowest BCUT2D eigenvalue weighted by atomic mass is 10.0. The molecular weight excluding hydrogens is 260 g/mol. The number of carbonyl (C=O) groups excluding carboxylic acids is 1. The first-order valence-electron chi connectivity index (χ1n) is 6.86. The van der Waals surface area contributed by atoms with E-state index in [0.29, 0.717) is 19.1 Å². The molecule has 5 heteroatoms. The molecule has 0 aromatic carbocycles. The topological polar surface area (TPSA) is 51.2 Å². The van der Waals surface area contributed by atoms with Crippen LogP contribution in [0.25, 0.3) is 5.57 Å². The second kappa shape index (κ2) is 5.43. The molecule has 2 heterocycles. The van der Waals surface area contributed by atoms with Crippen molar-refractivity contribution in [2.24, 2.45) is 0 Å². The molecule has 2 aliphatic rings. The highest BCUT2D eigenvalue weighted by Gasteiger charge is 2.34. The molecule has 0 saturated heterocycles. The molecule has 4 nitrogen and oxygen atoms in total. The molecule has 0 spiro atoms. The van der Waals surface area contributed by atoms with Crippen LogP contribution in [0.3, 0.4) is 0 Å². The van der Waals surface area contributed by atoms with Gasteiger partial charge in [-0.05, 0) is 43.6 Å². The number of rotatable bonds is 4. The average Bonchev–Trinajstić information content (AvgIpc) is 3.18. The molecule has 1 fully saturated rings. The maximum absolute atomic E-state index is 12.1. The fraction of sp³-hybridized carbons (Fsp3) is 0.571. The first kappa shape index (κ1) is 12.8. The number of aromatic nitrogens is 1. The summed E-state index contributed by atoms with van der Waals surface area (Å²) in [6, 6.07) is 0. The van der Waals surface area contributed by atoms with Crippen LogP contribution in [0.4, 0.5) is 0 Å². The zero-order valence-corrected chi connectivity index (χ0v) is 11.9. The van der Waals surface area contributed by atoms with E-state index in [1.54, 1.807) is 0 Å². The molecule has 0 atom stereocenters. The minimum absolute atomic E-state index is 0.0190. The van der Waals surface area contributed by atoms with E-state index < -0.39 is 0 Å². The van der Waals surface area contributed by atoms with Crippen LogP contribution >= 0.6 is 11.5 Å². The number of carbonyl (C=O) groups is 1. The number of hydrogen-bond acceptors (Lipinski definition) is 4. The smallest absolute Gasteiger partial charge is 0.263 e. The third kappa shape index (κ3) is 2.58. The Morgan fingerprint density at radius 1 is 1.58 bits per heavy atom. The van der Waals surface area contributed by atoms with Crippen molar-refractivity contribution in [2.75, 3.05) is 19.8 Å². The third-order valence-corrected chi connectivity index (χ3v) is 4.33. The number of amides is 1.